The molecule has 6 heteroatoms. The molecule has 0 spiro atoms. The molecule has 0 unspecified atom stereocenters. The summed E-state index contributed by atoms with van der Waals surface area (Å²) in [5.74, 6) is 0. The van der Waals surface area contributed by atoms with E-state index in [4.69, 9.17) is 5.14 Å². The number of hydrogen-bond donors (Lipinski definition) is 2. The van der Waals surface area contributed by atoms with E-state index in [-0.39, 0.29) is 4.90 Å². The van der Waals surface area contributed by atoms with Crippen molar-refractivity contribution in [2.45, 2.75) is 11.4 Å². The van der Waals surface area contributed by atoms with Crippen molar-refractivity contribution in [1.29, 1.82) is 0 Å². The summed E-state index contributed by atoms with van der Waals surface area (Å²) in [6.45, 7) is 0.672. The van der Waals surface area contributed by atoms with Gasteiger partial charge in [-0.05, 0) is 29.6 Å². The maximum absolute atomic E-state index is 11.2. The molecule has 17 heavy (non-hydrogen) atoms. The van der Waals surface area contributed by atoms with Crippen LogP contribution < -0.4 is 10.5 Å². The summed E-state index contributed by atoms with van der Waals surface area (Å²) in [6.07, 6.45) is 0. The van der Waals surface area contributed by atoms with Gasteiger partial charge in [0.25, 0.3) is 0 Å². The first-order valence-electron chi connectivity index (χ1n) is 4.95. The summed E-state index contributed by atoms with van der Waals surface area (Å²) >= 11 is 1.65. The average Bonchev–Trinajstić information content (AvgIpc) is 2.78. The molecule has 0 fully saturated rings. The number of benzene rings is 1. The number of anilines is 1. The molecule has 2 rings (SSSR count). The summed E-state index contributed by atoms with van der Waals surface area (Å²) in [6, 6.07) is 10.5. The van der Waals surface area contributed by atoms with E-state index in [9.17, 15) is 8.42 Å². The van der Waals surface area contributed by atoms with Crippen molar-refractivity contribution >= 4 is 27.0 Å². The third-order valence-electron chi connectivity index (χ3n) is 2.21. The Morgan fingerprint density at radius 3 is 2.71 bits per heavy atom. The summed E-state index contributed by atoms with van der Waals surface area (Å²) in [4.78, 5) is 1.31. The van der Waals surface area contributed by atoms with Gasteiger partial charge in [-0.15, -0.1) is 11.3 Å². The normalized spacial score (nSPS) is 11.4. The number of primary sulfonamides is 1. The Bertz CT molecular complexity index is 592. The van der Waals surface area contributed by atoms with Gasteiger partial charge in [0.2, 0.25) is 10.0 Å². The first kappa shape index (κ1) is 12.1. The van der Waals surface area contributed by atoms with Crippen molar-refractivity contribution in [2.24, 2.45) is 5.14 Å². The zero-order chi connectivity index (χ0) is 12.3. The fourth-order valence-corrected chi connectivity index (χ4v) is 2.59. The van der Waals surface area contributed by atoms with Crippen molar-refractivity contribution in [3.63, 3.8) is 0 Å². The quantitative estimate of drug-likeness (QED) is 0.891. The van der Waals surface area contributed by atoms with Crippen LogP contribution in [0, 0.1) is 0 Å². The Morgan fingerprint density at radius 2 is 2.06 bits per heavy atom. The summed E-state index contributed by atoms with van der Waals surface area (Å²) in [5.41, 5.74) is 0.741. The SMILES string of the molecule is NS(=O)(=O)c1cccc(NCc2cccs2)c1. The maximum atomic E-state index is 11.2. The average molecular weight is 268 g/mol. The van der Waals surface area contributed by atoms with Crippen LogP contribution in [0.5, 0.6) is 0 Å². The van der Waals surface area contributed by atoms with Gasteiger partial charge in [0, 0.05) is 17.1 Å². The molecule has 4 nitrogen and oxygen atoms in total. The van der Waals surface area contributed by atoms with Crippen LogP contribution in [0.2, 0.25) is 0 Å². The number of nitrogens with two attached hydrogens (primary N) is 1. The number of thiophene rings is 1. The molecule has 0 radical (unpaired) electrons. The first-order valence-corrected chi connectivity index (χ1v) is 7.37. The van der Waals surface area contributed by atoms with Gasteiger partial charge in [-0.25, -0.2) is 13.6 Å². The third-order valence-corrected chi connectivity index (χ3v) is 4.00. The van der Waals surface area contributed by atoms with E-state index in [1.807, 2.05) is 23.6 Å². The summed E-state index contributed by atoms with van der Waals surface area (Å²) in [5, 5.41) is 10.2. The Hall–Kier alpha value is -1.37. The minimum atomic E-state index is -3.63. The van der Waals surface area contributed by atoms with Crippen molar-refractivity contribution in [1.82, 2.24) is 0 Å². The fourth-order valence-electron chi connectivity index (χ4n) is 1.39. The van der Waals surface area contributed by atoms with E-state index in [0.29, 0.717) is 6.54 Å². The second kappa shape index (κ2) is 4.87. The van der Waals surface area contributed by atoms with Crippen LogP contribution in [-0.4, -0.2) is 8.42 Å². The number of sulfonamides is 1. The highest BCUT2D eigenvalue weighted by atomic mass is 32.2. The second-order valence-electron chi connectivity index (χ2n) is 3.51. The predicted octanol–water partition coefficient (Wildman–Crippen LogP) is 2.01. The Labute approximate surface area is 104 Å². The van der Waals surface area contributed by atoms with E-state index >= 15 is 0 Å². The lowest BCUT2D eigenvalue weighted by atomic mass is 10.3. The van der Waals surface area contributed by atoms with Crippen LogP contribution in [0.25, 0.3) is 0 Å². The predicted molar refractivity (Wildman–Crippen MR) is 69.5 cm³/mol. The second-order valence-corrected chi connectivity index (χ2v) is 6.10. The van der Waals surface area contributed by atoms with E-state index < -0.39 is 10.0 Å². The molecule has 90 valence electrons. The minimum Gasteiger partial charge on any atom is -0.380 e. The lowest BCUT2D eigenvalue weighted by Crippen LogP contribution is -2.12. The van der Waals surface area contributed by atoms with Crippen molar-refractivity contribution in [3.05, 3.63) is 46.7 Å². The Morgan fingerprint density at radius 1 is 1.24 bits per heavy atom. The van der Waals surface area contributed by atoms with Crippen LogP contribution in [-0.2, 0) is 16.6 Å². The van der Waals surface area contributed by atoms with Crippen LogP contribution in [0.15, 0.2) is 46.7 Å². The van der Waals surface area contributed by atoms with Gasteiger partial charge in [0.15, 0.2) is 0 Å². The molecule has 0 saturated heterocycles. The van der Waals surface area contributed by atoms with Gasteiger partial charge in [-0.3, -0.25) is 0 Å². The van der Waals surface area contributed by atoms with E-state index in [0.717, 1.165) is 5.69 Å². The molecule has 0 saturated carbocycles. The molecule has 0 bridgehead atoms. The Kier molecular flexibility index (Phi) is 3.46. The molecule has 3 N–H and O–H groups in total. The summed E-state index contributed by atoms with van der Waals surface area (Å²) in [7, 11) is -3.63. The smallest absolute Gasteiger partial charge is 0.238 e. The van der Waals surface area contributed by atoms with Gasteiger partial charge in [-0.1, -0.05) is 12.1 Å². The van der Waals surface area contributed by atoms with Gasteiger partial charge in [-0.2, -0.15) is 0 Å². The van der Waals surface area contributed by atoms with Crippen molar-refractivity contribution in [3.8, 4) is 0 Å². The molecule has 0 atom stereocenters. The third kappa shape index (κ3) is 3.29. The topological polar surface area (TPSA) is 72.2 Å². The van der Waals surface area contributed by atoms with Crippen LogP contribution >= 0.6 is 11.3 Å². The van der Waals surface area contributed by atoms with Crippen LogP contribution in [0.3, 0.4) is 0 Å². The van der Waals surface area contributed by atoms with Gasteiger partial charge < -0.3 is 5.32 Å². The highest BCUT2D eigenvalue weighted by molar-refractivity contribution is 7.89. The van der Waals surface area contributed by atoms with Gasteiger partial charge in [0.05, 0.1) is 4.90 Å². The zero-order valence-electron chi connectivity index (χ0n) is 8.96. The molecule has 1 heterocycles. The molecular formula is C11H12N2O2S2. The van der Waals surface area contributed by atoms with Crippen LogP contribution in [0.1, 0.15) is 4.88 Å². The highest BCUT2D eigenvalue weighted by Gasteiger charge is 2.07. The first-order chi connectivity index (χ1) is 8.05. The number of rotatable bonds is 4. The van der Waals surface area contributed by atoms with E-state index in [2.05, 4.69) is 5.32 Å². The molecule has 0 amide bonds. The Balaban J connectivity index is 2.12. The maximum Gasteiger partial charge on any atom is 0.238 e. The molecule has 0 aliphatic carbocycles. The minimum absolute atomic E-state index is 0.119. The molecule has 1 aromatic carbocycles. The lowest BCUT2D eigenvalue weighted by Gasteiger charge is -2.06. The van der Waals surface area contributed by atoms with Crippen molar-refractivity contribution in [2.75, 3.05) is 5.32 Å². The largest absolute Gasteiger partial charge is 0.380 e. The van der Waals surface area contributed by atoms with Gasteiger partial charge >= 0.3 is 0 Å². The molecule has 1 aromatic heterocycles. The molecule has 0 aliphatic rings. The lowest BCUT2D eigenvalue weighted by molar-refractivity contribution is 0.598. The highest BCUT2D eigenvalue weighted by Crippen LogP contribution is 2.16. The fraction of sp³-hybridized carbons (Fsp3) is 0.0909. The van der Waals surface area contributed by atoms with Crippen molar-refractivity contribution < 1.29 is 8.42 Å². The summed E-state index contributed by atoms with van der Waals surface area (Å²) < 4.78 is 22.3. The van der Waals surface area contributed by atoms with Gasteiger partial charge in [0.1, 0.15) is 0 Å². The number of hydrogen-bond acceptors (Lipinski definition) is 4. The van der Waals surface area contributed by atoms with Crippen LogP contribution in [0.4, 0.5) is 5.69 Å². The van der Waals surface area contributed by atoms with E-state index in [1.54, 1.807) is 17.4 Å². The van der Waals surface area contributed by atoms with E-state index in [1.165, 1.54) is 17.0 Å². The molecule has 2 aromatic rings. The number of nitrogens with one attached hydrogen (secondary N) is 1. The zero-order valence-corrected chi connectivity index (χ0v) is 10.6. The monoisotopic (exact) mass is 268 g/mol. The standard InChI is InChI=1S/C11H12N2O2S2/c12-17(14,15)11-5-1-3-9(7-11)13-8-10-4-2-6-16-10/h1-7,13H,8H2,(H2,12,14,15). The molecule has 0 aliphatic heterocycles. The molecular weight excluding hydrogens is 256 g/mol.